The van der Waals surface area contributed by atoms with Crippen molar-refractivity contribution in [3.8, 4) is 0 Å². The number of hydrogen-bond acceptors (Lipinski definition) is 4. The van der Waals surface area contributed by atoms with Gasteiger partial charge in [-0.3, -0.25) is 19.7 Å². The standard InChI is InChI=1S/C20H20FN3O4/c21-16-5-1-14(2-6-16)13-23(17-9-10-17)19(25)11-12-22-20(26)15-3-7-18(8-4-15)24(27)28/h1-8,17H,9-13H2,(H,22,26). The monoisotopic (exact) mass is 385 g/mol. The van der Waals surface area contributed by atoms with Gasteiger partial charge in [-0.05, 0) is 42.7 Å². The zero-order valence-corrected chi connectivity index (χ0v) is 15.1. The van der Waals surface area contributed by atoms with E-state index in [2.05, 4.69) is 5.32 Å². The maximum absolute atomic E-state index is 13.0. The van der Waals surface area contributed by atoms with Crippen molar-refractivity contribution in [2.24, 2.45) is 0 Å². The van der Waals surface area contributed by atoms with Crippen LogP contribution in [0.5, 0.6) is 0 Å². The van der Waals surface area contributed by atoms with E-state index in [-0.39, 0.29) is 42.3 Å². The number of hydrogen-bond donors (Lipinski definition) is 1. The molecule has 1 aliphatic carbocycles. The Morgan fingerprint density at radius 1 is 1.11 bits per heavy atom. The summed E-state index contributed by atoms with van der Waals surface area (Å²) in [6, 6.07) is 11.5. The third kappa shape index (κ3) is 5.12. The van der Waals surface area contributed by atoms with Crippen LogP contribution in [0.1, 0.15) is 35.2 Å². The van der Waals surface area contributed by atoms with Crippen molar-refractivity contribution >= 4 is 17.5 Å². The Morgan fingerprint density at radius 3 is 2.32 bits per heavy atom. The second-order valence-electron chi connectivity index (χ2n) is 6.69. The second kappa shape index (κ2) is 8.60. The van der Waals surface area contributed by atoms with Gasteiger partial charge in [-0.15, -0.1) is 0 Å². The summed E-state index contributed by atoms with van der Waals surface area (Å²) < 4.78 is 13.0. The summed E-state index contributed by atoms with van der Waals surface area (Å²) in [5, 5.41) is 13.3. The molecule has 0 radical (unpaired) electrons. The molecule has 1 aliphatic rings. The third-order valence-corrected chi connectivity index (χ3v) is 4.54. The number of nitro benzene ring substituents is 1. The molecule has 0 aromatic heterocycles. The van der Waals surface area contributed by atoms with E-state index < -0.39 is 4.92 Å². The van der Waals surface area contributed by atoms with E-state index in [9.17, 15) is 24.1 Å². The highest BCUT2D eigenvalue weighted by Gasteiger charge is 2.32. The molecule has 1 N–H and O–H groups in total. The number of amides is 2. The van der Waals surface area contributed by atoms with Crippen LogP contribution in [0.3, 0.4) is 0 Å². The highest BCUT2D eigenvalue weighted by Crippen LogP contribution is 2.29. The van der Waals surface area contributed by atoms with Gasteiger partial charge in [0.25, 0.3) is 11.6 Å². The molecule has 0 spiro atoms. The molecular formula is C20H20FN3O4. The van der Waals surface area contributed by atoms with E-state index in [4.69, 9.17) is 0 Å². The van der Waals surface area contributed by atoms with Gasteiger partial charge in [-0.1, -0.05) is 12.1 Å². The number of rotatable bonds is 8. The quantitative estimate of drug-likeness (QED) is 0.558. The lowest BCUT2D eigenvalue weighted by Crippen LogP contribution is -2.35. The number of nitrogens with zero attached hydrogens (tertiary/aromatic N) is 2. The Kier molecular flexibility index (Phi) is 5.98. The molecule has 1 fully saturated rings. The highest BCUT2D eigenvalue weighted by atomic mass is 19.1. The van der Waals surface area contributed by atoms with Crippen LogP contribution in [0.25, 0.3) is 0 Å². The SMILES string of the molecule is O=C(NCCC(=O)N(Cc1ccc(F)cc1)C1CC1)c1ccc([N+](=O)[O-])cc1. The largest absolute Gasteiger partial charge is 0.352 e. The maximum Gasteiger partial charge on any atom is 0.269 e. The van der Waals surface area contributed by atoms with E-state index in [0.717, 1.165) is 18.4 Å². The fraction of sp³-hybridized carbons (Fsp3) is 0.300. The number of non-ortho nitro benzene ring substituents is 1. The summed E-state index contributed by atoms with van der Waals surface area (Å²) in [6.07, 6.45) is 2.04. The molecule has 146 valence electrons. The molecule has 0 saturated heterocycles. The lowest BCUT2D eigenvalue weighted by atomic mass is 10.2. The molecule has 2 aromatic carbocycles. The summed E-state index contributed by atoms with van der Waals surface area (Å²) in [7, 11) is 0. The number of carbonyl (C=O) groups excluding carboxylic acids is 2. The van der Waals surface area contributed by atoms with Crippen LogP contribution >= 0.6 is 0 Å². The van der Waals surface area contributed by atoms with Crippen molar-refractivity contribution in [1.82, 2.24) is 10.2 Å². The molecule has 7 nitrogen and oxygen atoms in total. The lowest BCUT2D eigenvalue weighted by molar-refractivity contribution is -0.384. The Morgan fingerprint density at radius 2 is 1.75 bits per heavy atom. The highest BCUT2D eigenvalue weighted by molar-refractivity contribution is 5.94. The lowest BCUT2D eigenvalue weighted by Gasteiger charge is -2.22. The molecule has 0 atom stereocenters. The average Bonchev–Trinajstić information content (AvgIpc) is 3.52. The minimum atomic E-state index is -0.534. The number of carbonyl (C=O) groups is 2. The van der Waals surface area contributed by atoms with Crippen LogP contribution in [0.2, 0.25) is 0 Å². The van der Waals surface area contributed by atoms with Crippen molar-refractivity contribution in [2.45, 2.75) is 31.8 Å². The Balaban J connectivity index is 1.51. The molecular weight excluding hydrogens is 365 g/mol. The number of nitrogens with one attached hydrogen (secondary N) is 1. The Bertz CT molecular complexity index is 864. The van der Waals surface area contributed by atoms with E-state index in [1.54, 1.807) is 17.0 Å². The first kappa shape index (κ1) is 19.5. The molecule has 0 aliphatic heterocycles. The van der Waals surface area contributed by atoms with Gasteiger partial charge in [0.05, 0.1) is 4.92 Å². The van der Waals surface area contributed by atoms with Crippen LogP contribution in [0.4, 0.5) is 10.1 Å². The first-order valence-electron chi connectivity index (χ1n) is 9.00. The third-order valence-electron chi connectivity index (χ3n) is 4.54. The van der Waals surface area contributed by atoms with Crippen molar-refractivity contribution < 1.29 is 18.9 Å². The first-order chi connectivity index (χ1) is 13.4. The average molecular weight is 385 g/mol. The van der Waals surface area contributed by atoms with E-state index in [1.807, 2.05) is 0 Å². The van der Waals surface area contributed by atoms with Crippen molar-refractivity contribution in [3.05, 3.63) is 75.6 Å². The van der Waals surface area contributed by atoms with Crippen molar-refractivity contribution in [1.29, 1.82) is 0 Å². The Labute approximate surface area is 161 Å². The summed E-state index contributed by atoms with van der Waals surface area (Å²) in [5.74, 6) is -0.781. The van der Waals surface area contributed by atoms with Crippen LogP contribution in [-0.4, -0.2) is 34.2 Å². The van der Waals surface area contributed by atoms with Gasteiger partial charge in [0.15, 0.2) is 0 Å². The van der Waals surface area contributed by atoms with E-state index in [0.29, 0.717) is 12.1 Å². The van der Waals surface area contributed by atoms with Crippen molar-refractivity contribution in [3.63, 3.8) is 0 Å². The van der Waals surface area contributed by atoms with Gasteiger partial charge >= 0.3 is 0 Å². The topological polar surface area (TPSA) is 92.6 Å². The summed E-state index contributed by atoms with van der Waals surface area (Å²) in [4.78, 5) is 36.5. The van der Waals surface area contributed by atoms with Gasteiger partial charge in [-0.25, -0.2) is 4.39 Å². The molecule has 8 heteroatoms. The number of halogens is 1. The molecule has 2 aromatic rings. The normalized spacial score (nSPS) is 13.0. The van der Waals surface area contributed by atoms with Gasteiger partial charge in [-0.2, -0.15) is 0 Å². The van der Waals surface area contributed by atoms with Crippen LogP contribution in [-0.2, 0) is 11.3 Å². The predicted molar refractivity (Wildman–Crippen MR) is 100 cm³/mol. The maximum atomic E-state index is 13.0. The fourth-order valence-electron chi connectivity index (χ4n) is 2.86. The summed E-state index contributed by atoms with van der Waals surface area (Å²) in [5.41, 5.74) is 1.06. The molecule has 0 bridgehead atoms. The van der Waals surface area contributed by atoms with E-state index >= 15 is 0 Å². The minimum absolute atomic E-state index is 0.0733. The summed E-state index contributed by atoms with van der Waals surface area (Å²) >= 11 is 0. The Hall–Kier alpha value is -3.29. The molecule has 2 amide bonds. The zero-order chi connectivity index (χ0) is 20.1. The van der Waals surface area contributed by atoms with Gasteiger partial charge in [0.1, 0.15) is 5.82 Å². The fourth-order valence-corrected chi connectivity index (χ4v) is 2.86. The van der Waals surface area contributed by atoms with Crippen LogP contribution in [0, 0.1) is 15.9 Å². The number of nitro groups is 1. The summed E-state index contributed by atoms with van der Waals surface area (Å²) in [6.45, 7) is 0.585. The predicted octanol–water partition coefficient (Wildman–Crippen LogP) is 3.05. The van der Waals surface area contributed by atoms with Crippen molar-refractivity contribution in [2.75, 3.05) is 6.54 Å². The second-order valence-corrected chi connectivity index (χ2v) is 6.69. The van der Waals surface area contributed by atoms with Crippen LogP contribution < -0.4 is 5.32 Å². The minimum Gasteiger partial charge on any atom is -0.352 e. The zero-order valence-electron chi connectivity index (χ0n) is 15.1. The number of benzene rings is 2. The van der Waals surface area contributed by atoms with E-state index in [1.165, 1.54) is 36.4 Å². The molecule has 3 rings (SSSR count). The van der Waals surface area contributed by atoms with Crippen LogP contribution in [0.15, 0.2) is 48.5 Å². The smallest absolute Gasteiger partial charge is 0.269 e. The molecule has 0 unspecified atom stereocenters. The molecule has 0 heterocycles. The van der Waals surface area contributed by atoms with Gasteiger partial charge in [0.2, 0.25) is 5.91 Å². The molecule has 28 heavy (non-hydrogen) atoms. The first-order valence-corrected chi connectivity index (χ1v) is 9.00. The molecule has 1 saturated carbocycles. The van der Waals surface area contributed by atoms with Gasteiger partial charge < -0.3 is 10.2 Å². The van der Waals surface area contributed by atoms with Gasteiger partial charge in [0, 0.05) is 43.2 Å².